The normalized spacial score (nSPS) is 18.2. The van der Waals surface area contributed by atoms with Crippen molar-refractivity contribution < 1.29 is 4.74 Å². The highest BCUT2D eigenvalue weighted by Crippen LogP contribution is 2.09. The number of aromatic nitrogens is 2. The number of hydrogen-bond donors (Lipinski definition) is 1. The van der Waals surface area contributed by atoms with Crippen LogP contribution >= 0.6 is 0 Å². The molecule has 1 saturated heterocycles. The first-order valence-electron chi connectivity index (χ1n) is 7.20. The average molecular weight is 264 g/mol. The first-order chi connectivity index (χ1) is 9.33. The molecule has 1 fully saturated rings. The van der Waals surface area contributed by atoms with E-state index in [1.807, 2.05) is 12.4 Å². The van der Waals surface area contributed by atoms with Gasteiger partial charge < -0.3 is 10.1 Å². The molecule has 1 N–H and O–H groups in total. The standard InChI is InChI=1S/C14H24N4O/c1-3-12-9-15-14(16-10-12)17-11-13(4-2)18-5-7-19-8-6-18/h9-10,13H,3-8,11H2,1-2H3,(H,15,16,17). The van der Waals surface area contributed by atoms with Crippen LogP contribution in [0.4, 0.5) is 5.95 Å². The molecule has 5 heteroatoms. The van der Waals surface area contributed by atoms with Crippen molar-refractivity contribution in [2.24, 2.45) is 0 Å². The summed E-state index contributed by atoms with van der Waals surface area (Å²) in [4.78, 5) is 11.2. The van der Waals surface area contributed by atoms with E-state index >= 15 is 0 Å². The van der Waals surface area contributed by atoms with E-state index in [1.54, 1.807) is 0 Å². The second-order valence-electron chi connectivity index (χ2n) is 4.86. The van der Waals surface area contributed by atoms with Crippen molar-refractivity contribution in [3.63, 3.8) is 0 Å². The summed E-state index contributed by atoms with van der Waals surface area (Å²) < 4.78 is 5.40. The van der Waals surface area contributed by atoms with Gasteiger partial charge in [0.1, 0.15) is 0 Å². The van der Waals surface area contributed by atoms with Crippen molar-refractivity contribution in [3.05, 3.63) is 18.0 Å². The molecule has 2 rings (SSSR count). The summed E-state index contributed by atoms with van der Waals surface area (Å²) in [5, 5.41) is 3.34. The molecule has 1 atom stereocenters. The Kier molecular flexibility index (Phi) is 5.54. The van der Waals surface area contributed by atoms with Gasteiger partial charge in [0.05, 0.1) is 13.2 Å². The largest absolute Gasteiger partial charge is 0.379 e. The van der Waals surface area contributed by atoms with Gasteiger partial charge in [0.2, 0.25) is 5.95 Å². The van der Waals surface area contributed by atoms with Crippen molar-refractivity contribution >= 4 is 5.95 Å². The molecule has 5 nitrogen and oxygen atoms in total. The predicted molar refractivity (Wildman–Crippen MR) is 76.4 cm³/mol. The Labute approximate surface area is 115 Å². The van der Waals surface area contributed by atoms with E-state index in [2.05, 4.69) is 34.0 Å². The molecule has 1 unspecified atom stereocenters. The van der Waals surface area contributed by atoms with E-state index in [-0.39, 0.29) is 0 Å². The van der Waals surface area contributed by atoms with E-state index in [9.17, 15) is 0 Å². The molecule has 1 aliphatic rings. The molecule has 106 valence electrons. The van der Waals surface area contributed by atoms with Gasteiger partial charge in [-0.3, -0.25) is 4.90 Å². The summed E-state index contributed by atoms with van der Waals surface area (Å²) in [5.74, 6) is 0.726. The fourth-order valence-corrected chi connectivity index (χ4v) is 2.31. The Bertz CT molecular complexity index is 362. The van der Waals surface area contributed by atoms with E-state index < -0.39 is 0 Å². The van der Waals surface area contributed by atoms with E-state index in [0.717, 1.165) is 51.6 Å². The Morgan fingerprint density at radius 1 is 1.26 bits per heavy atom. The number of nitrogens with one attached hydrogen (secondary N) is 1. The molecule has 0 radical (unpaired) electrons. The molecule has 0 amide bonds. The molecule has 0 bridgehead atoms. The van der Waals surface area contributed by atoms with E-state index in [4.69, 9.17) is 4.74 Å². The van der Waals surface area contributed by atoms with Gasteiger partial charge in [0.25, 0.3) is 0 Å². The van der Waals surface area contributed by atoms with Crippen molar-refractivity contribution in [2.45, 2.75) is 32.7 Å². The maximum Gasteiger partial charge on any atom is 0.222 e. The van der Waals surface area contributed by atoms with Crippen LogP contribution in [0.15, 0.2) is 12.4 Å². The zero-order chi connectivity index (χ0) is 13.5. The Morgan fingerprint density at radius 2 is 1.95 bits per heavy atom. The smallest absolute Gasteiger partial charge is 0.222 e. The number of nitrogens with zero attached hydrogens (tertiary/aromatic N) is 3. The highest BCUT2D eigenvalue weighted by atomic mass is 16.5. The molecule has 2 heterocycles. The molecule has 19 heavy (non-hydrogen) atoms. The van der Waals surface area contributed by atoms with Gasteiger partial charge in [0.15, 0.2) is 0 Å². The molecular weight excluding hydrogens is 240 g/mol. The number of anilines is 1. The van der Waals surface area contributed by atoms with E-state index in [1.165, 1.54) is 5.56 Å². The van der Waals surface area contributed by atoms with E-state index in [0.29, 0.717) is 6.04 Å². The van der Waals surface area contributed by atoms with Crippen LogP contribution in [0.5, 0.6) is 0 Å². The van der Waals surface area contributed by atoms with Crippen LogP contribution in [-0.4, -0.2) is 53.8 Å². The highest BCUT2D eigenvalue weighted by molar-refractivity contribution is 5.25. The molecule has 1 aliphatic heterocycles. The quantitative estimate of drug-likeness (QED) is 0.845. The fraction of sp³-hybridized carbons (Fsp3) is 0.714. The Balaban J connectivity index is 1.84. The molecule has 1 aromatic rings. The lowest BCUT2D eigenvalue weighted by Crippen LogP contribution is -2.46. The first kappa shape index (κ1) is 14.2. The van der Waals surface area contributed by atoms with Crippen molar-refractivity contribution in [2.75, 3.05) is 38.2 Å². The molecule has 1 aromatic heterocycles. The lowest BCUT2D eigenvalue weighted by atomic mass is 10.2. The highest BCUT2D eigenvalue weighted by Gasteiger charge is 2.19. The number of hydrogen-bond acceptors (Lipinski definition) is 5. The van der Waals surface area contributed by atoms with Gasteiger partial charge in [0, 0.05) is 38.1 Å². The average Bonchev–Trinajstić information content (AvgIpc) is 2.49. The third-order valence-corrected chi connectivity index (χ3v) is 3.64. The molecular formula is C14H24N4O. The van der Waals surface area contributed by atoms with Crippen molar-refractivity contribution in [1.29, 1.82) is 0 Å². The molecule has 0 saturated carbocycles. The van der Waals surface area contributed by atoms with Gasteiger partial charge in [-0.1, -0.05) is 13.8 Å². The van der Waals surface area contributed by atoms with Gasteiger partial charge >= 0.3 is 0 Å². The van der Waals surface area contributed by atoms with Crippen LogP contribution in [0.3, 0.4) is 0 Å². The minimum absolute atomic E-state index is 0.526. The molecule has 0 aromatic carbocycles. The van der Waals surface area contributed by atoms with Crippen LogP contribution in [0.1, 0.15) is 25.8 Å². The number of aryl methyl sites for hydroxylation is 1. The predicted octanol–water partition coefficient (Wildman–Crippen LogP) is 1.56. The Morgan fingerprint density at radius 3 is 2.53 bits per heavy atom. The van der Waals surface area contributed by atoms with Crippen molar-refractivity contribution in [1.82, 2.24) is 14.9 Å². The van der Waals surface area contributed by atoms with Gasteiger partial charge in [-0.05, 0) is 18.4 Å². The molecule has 0 aliphatic carbocycles. The van der Waals surface area contributed by atoms with Crippen LogP contribution in [0.25, 0.3) is 0 Å². The van der Waals surface area contributed by atoms with Crippen molar-refractivity contribution in [3.8, 4) is 0 Å². The summed E-state index contributed by atoms with van der Waals surface area (Å²) in [6.07, 6.45) is 5.89. The van der Waals surface area contributed by atoms with Gasteiger partial charge in [-0.2, -0.15) is 0 Å². The SMILES string of the molecule is CCc1cnc(NCC(CC)N2CCOCC2)nc1. The minimum atomic E-state index is 0.526. The number of morpholine rings is 1. The molecule has 0 spiro atoms. The second kappa shape index (κ2) is 7.40. The van der Waals surface area contributed by atoms with Gasteiger partial charge in [-0.25, -0.2) is 9.97 Å². The first-order valence-corrected chi connectivity index (χ1v) is 7.20. The lowest BCUT2D eigenvalue weighted by Gasteiger charge is -2.34. The zero-order valence-corrected chi connectivity index (χ0v) is 11.9. The second-order valence-corrected chi connectivity index (χ2v) is 4.86. The monoisotopic (exact) mass is 264 g/mol. The van der Waals surface area contributed by atoms with Crippen LogP contribution in [0.2, 0.25) is 0 Å². The summed E-state index contributed by atoms with van der Waals surface area (Å²) in [6.45, 7) is 8.96. The summed E-state index contributed by atoms with van der Waals surface area (Å²) in [5.41, 5.74) is 1.17. The fourth-order valence-electron chi connectivity index (χ4n) is 2.31. The van der Waals surface area contributed by atoms with Crippen LogP contribution in [0, 0.1) is 0 Å². The zero-order valence-electron chi connectivity index (χ0n) is 11.9. The van der Waals surface area contributed by atoms with Crippen LogP contribution in [-0.2, 0) is 11.2 Å². The lowest BCUT2D eigenvalue weighted by molar-refractivity contribution is 0.0184. The maximum atomic E-state index is 5.40. The third-order valence-electron chi connectivity index (χ3n) is 3.64. The summed E-state index contributed by atoms with van der Waals surface area (Å²) >= 11 is 0. The summed E-state index contributed by atoms with van der Waals surface area (Å²) in [7, 11) is 0. The summed E-state index contributed by atoms with van der Waals surface area (Å²) in [6, 6.07) is 0.526. The maximum absolute atomic E-state index is 5.40. The number of ether oxygens (including phenoxy) is 1. The van der Waals surface area contributed by atoms with Crippen LogP contribution < -0.4 is 5.32 Å². The third kappa shape index (κ3) is 4.14. The minimum Gasteiger partial charge on any atom is -0.379 e. The topological polar surface area (TPSA) is 50.3 Å². The Hall–Kier alpha value is -1.20. The van der Waals surface area contributed by atoms with Gasteiger partial charge in [-0.15, -0.1) is 0 Å². The number of rotatable bonds is 6.